The van der Waals surface area contributed by atoms with Gasteiger partial charge in [-0.15, -0.1) is 6.58 Å². The fourth-order valence-corrected chi connectivity index (χ4v) is 3.56. The Bertz CT molecular complexity index is 946. The van der Waals surface area contributed by atoms with Crippen LogP contribution in [0.3, 0.4) is 0 Å². The molecule has 2 aromatic carbocycles. The Morgan fingerprint density at radius 2 is 1.83 bits per heavy atom. The Hall–Kier alpha value is -2.95. The van der Waals surface area contributed by atoms with Crippen LogP contribution in [0.1, 0.15) is 34.8 Å². The molecule has 0 bridgehead atoms. The zero-order valence-electron chi connectivity index (χ0n) is 17.7. The number of aliphatic hydroxyl groups excluding tert-OH is 1. The minimum absolute atomic E-state index is 0.0523. The molecular formula is C26H29NO3. The van der Waals surface area contributed by atoms with Crippen LogP contribution in [-0.2, 0) is 11.3 Å². The third-order valence-corrected chi connectivity index (χ3v) is 5.02. The van der Waals surface area contributed by atoms with Crippen LogP contribution >= 0.6 is 0 Å². The summed E-state index contributed by atoms with van der Waals surface area (Å²) in [6.07, 6.45) is 3.75. The molecule has 1 aromatic heterocycles. The molecular weight excluding hydrogens is 374 g/mol. The first-order chi connectivity index (χ1) is 14.6. The second kappa shape index (κ2) is 10.7. The molecule has 30 heavy (non-hydrogen) atoms. The standard InChI is InChI=1S/C26H29NO3/c1-4-15-29-24(13-14-28)23-11-12-25(27-17-23)30-18-21-9-6-10-22(16-21)26-19(2)7-5-8-20(26)3/h4-12,16-17,24,28H,1,13-15,18H2,2-3H3. The summed E-state index contributed by atoms with van der Waals surface area (Å²) >= 11 is 0. The fourth-order valence-electron chi connectivity index (χ4n) is 3.56. The van der Waals surface area contributed by atoms with E-state index < -0.39 is 0 Å². The first kappa shape index (κ1) is 21.8. The van der Waals surface area contributed by atoms with Crippen LogP contribution in [0, 0.1) is 13.8 Å². The SMILES string of the molecule is C=CCOC(CCO)c1ccc(OCc2cccc(-c3c(C)cccc3C)c2)nc1. The van der Waals surface area contributed by atoms with E-state index in [9.17, 15) is 5.11 Å². The van der Waals surface area contributed by atoms with Gasteiger partial charge in [0.15, 0.2) is 0 Å². The van der Waals surface area contributed by atoms with E-state index in [0.717, 1.165) is 11.1 Å². The molecule has 4 heteroatoms. The smallest absolute Gasteiger partial charge is 0.213 e. The van der Waals surface area contributed by atoms with Gasteiger partial charge in [0.05, 0.1) is 12.7 Å². The van der Waals surface area contributed by atoms with Crippen molar-refractivity contribution in [3.63, 3.8) is 0 Å². The number of benzene rings is 2. The molecule has 4 nitrogen and oxygen atoms in total. The van der Waals surface area contributed by atoms with Crippen LogP contribution < -0.4 is 4.74 Å². The van der Waals surface area contributed by atoms with Crippen molar-refractivity contribution in [2.75, 3.05) is 13.2 Å². The van der Waals surface area contributed by atoms with E-state index in [0.29, 0.717) is 25.5 Å². The Morgan fingerprint density at radius 1 is 1.07 bits per heavy atom. The maximum atomic E-state index is 9.25. The summed E-state index contributed by atoms with van der Waals surface area (Å²) in [6.45, 7) is 8.87. The third-order valence-electron chi connectivity index (χ3n) is 5.02. The molecule has 0 saturated heterocycles. The highest BCUT2D eigenvalue weighted by molar-refractivity contribution is 5.71. The summed E-state index contributed by atoms with van der Waals surface area (Å²) in [5.41, 5.74) is 7.00. The van der Waals surface area contributed by atoms with Crippen molar-refractivity contribution in [1.29, 1.82) is 0 Å². The number of rotatable bonds is 10. The van der Waals surface area contributed by atoms with Crippen molar-refractivity contribution in [2.45, 2.75) is 33.0 Å². The molecule has 156 valence electrons. The lowest BCUT2D eigenvalue weighted by Gasteiger charge is -2.16. The number of ether oxygens (including phenoxy) is 2. The Morgan fingerprint density at radius 3 is 2.50 bits per heavy atom. The predicted molar refractivity (Wildman–Crippen MR) is 121 cm³/mol. The molecule has 3 aromatic rings. The molecule has 3 rings (SSSR count). The summed E-state index contributed by atoms with van der Waals surface area (Å²) in [6, 6.07) is 18.6. The molecule has 0 aliphatic carbocycles. The van der Waals surface area contributed by atoms with Gasteiger partial charge in [-0.3, -0.25) is 0 Å². The molecule has 0 aliphatic rings. The lowest BCUT2D eigenvalue weighted by molar-refractivity contribution is 0.0529. The van der Waals surface area contributed by atoms with Crippen LogP contribution in [0.5, 0.6) is 5.88 Å². The molecule has 0 spiro atoms. The summed E-state index contributed by atoms with van der Waals surface area (Å²) < 4.78 is 11.6. The van der Waals surface area contributed by atoms with Gasteiger partial charge in [-0.2, -0.15) is 0 Å². The predicted octanol–water partition coefficient (Wildman–Crippen LogP) is 5.57. The van der Waals surface area contributed by atoms with Crippen LogP contribution in [0.15, 0.2) is 73.4 Å². The van der Waals surface area contributed by atoms with Crippen molar-refractivity contribution >= 4 is 0 Å². The molecule has 0 amide bonds. The normalized spacial score (nSPS) is 11.8. The largest absolute Gasteiger partial charge is 0.473 e. The topological polar surface area (TPSA) is 51.6 Å². The van der Waals surface area contributed by atoms with E-state index >= 15 is 0 Å². The average molecular weight is 404 g/mol. The lowest BCUT2D eigenvalue weighted by Crippen LogP contribution is -2.07. The first-order valence-electron chi connectivity index (χ1n) is 10.2. The number of hydrogen-bond donors (Lipinski definition) is 1. The zero-order chi connectivity index (χ0) is 21.3. The van der Waals surface area contributed by atoms with Gasteiger partial charge in [0.1, 0.15) is 6.61 Å². The fraction of sp³-hybridized carbons (Fsp3) is 0.269. The van der Waals surface area contributed by atoms with Crippen LogP contribution in [0.2, 0.25) is 0 Å². The van der Waals surface area contributed by atoms with E-state index in [1.165, 1.54) is 22.3 Å². The summed E-state index contributed by atoms with van der Waals surface area (Å²) in [4.78, 5) is 4.40. The number of aliphatic hydroxyl groups is 1. The van der Waals surface area contributed by atoms with E-state index in [-0.39, 0.29) is 12.7 Å². The van der Waals surface area contributed by atoms with Gasteiger partial charge >= 0.3 is 0 Å². The van der Waals surface area contributed by atoms with Crippen molar-refractivity contribution in [3.8, 4) is 17.0 Å². The van der Waals surface area contributed by atoms with Crippen molar-refractivity contribution in [1.82, 2.24) is 4.98 Å². The van der Waals surface area contributed by atoms with Crippen LogP contribution in [0.25, 0.3) is 11.1 Å². The van der Waals surface area contributed by atoms with Gasteiger partial charge in [-0.1, -0.05) is 42.5 Å². The highest BCUT2D eigenvalue weighted by atomic mass is 16.5. The minimum Gasteiger partial charge on any atom is -0.473 e. The van der Waals surface area contributed by atoms with Crippen molar-refractivity contribution < 1.29 is 14.6 Å². The average Bonchev–Trinajstić information content (AvgIpc) is 2.76. The van der Waals surface area contributed by atoms with Crippen LogP contribution in [0.4, 0.5) is 0 Å². The molecule has 0 fully saturated rings. The van der Waals surface area contributed by atoms with Gasteiger partial charge in [0.2, 0.25) is 5.88 Å². The molecule has 1 N–H and O–H groups in total. The highest BCUT2D eigenvalue weighted by Gasteiger charge is 2.12. The Kier molecular flexibility index (Phi) is 7.77. The Balaban J connectivity index is 1.68. The van der Waals surface area contributed by atoms with Gasteiger partial charge < -0.3 is 14.6 Å². The van der Waals surface area contributed by atoms with E-state index in [1.807, 2.05) is 12.1 Å². The molecule has 0 aliphatic heterocycles. The monoisotopic (exact) mass is 403 g/mol. The van der Waals surface area contributed by atoms with E-state index in [2.05, 4.69) is 67.9 Å². The van der Waals surface area contributed by atoms with Gasteiger partial charge in [-0.05, 0) is 59.4 Å². The second-order valence-electron chi connectivity index (χ2n) is 7.31. The zero-order valence-corrected chi connectivity index (χ0v) is 17.7. The van der Waals surface area contributed by atoms with E-state index in [4.69, 9.17) is 9.47 Å². The van der Waals surface area contributed by atoms with Crippen LogP contribution in [-0.4, -0.2) is 23.3 Å². The molecule has 0 saturated carbocycles. The van der Waals surface area contributed by atoms with Gasteiger partial charge in [0, 0.05) is 25.3 Å². The maximum absolute atomic E-state index is 9.25. The molecule has 1 atom stereocenters. The second-order valence-corrected chi connectivity index (χ2v) is 7.31. The maximum Gasteiger partial charge on any atom is 0.213 e. The number of hydrogen-bond acceptors (Lipinski definition) is 4. The molecule has 0 radical (unpaired) electrons. The quantitative estimate of drug-likeness (QED) is 0.450. The number of aromatic nitrogens is 1. The summed E-state index contributed by atoms with van der Waals surface area (Å²) in [5.74, 6) is 0.558. The first-order valence-corrected chi connectivity index (χ1v) is 10.2. The van der Waals surface area contributed by atoms with E-state index in [1.54, 1.807) is 12.3 Å². The molecule has 1 unspecified atom stereocenters. The van der Waals surface area contributed by atoms with Crippen molar-refractivity contribution in [2.24, 2.45) is 0 Å². The summed E-state index contributed by atoms with van der Waals surface area (Å²) in [5, 5.41) is 9.25. The van der Waals surface area contributed by atoms with Gasteiger partial charge in [0.25, 0.3) is 0 Å². The van der Waals surface area contributed by atoms with Crippen molar-refractivity contribution in [3.05, 3.63) is 95.7 Å². The van der Waals surface area contributed by atoms with Gasteiger partial charge in [-0.25, -0.2) is 4.98 Å². The molecule has 1 heterocycles. The lowest BCUT2D eigenvalue weighted by atomic mass is 9.95. The number of pyridine rings is 1. The third kappa shape index (κ3) is 5.56. The number of nitrogens with zero attached hydrogens (tertiary/aromatic N) is 1. The number of aryl methyl sites for hydroxylation is 2. The summed E-state index contributed by atoms with van der Waals surface area (Å²) in [7, 11) is 0. The Labute approximate surface area is 178 Å². The highest BCUT2D eigenvalue weighted by Crippen LogP contribution is 2.28. The minimum atomic E-state index is -0.205.